The first-order valence-corrected chi connectivity index (χ1v) is 9.33. The molecule has 9 heteroatoms. The fraction of sp³-hybridized carbons (Fsp3) is 0.136. The Bertz CT molecular complexity index is 1240. The minimum Gasteiger partial charge on any atom is -0.507 e. The van der Waals surface area contributed by atoms with E-state index in [0.717, 1.165) is 10.5 Å². The van der Waals surface area contributed by atoms with Crippen LogP contribution in [-0.4, -0.2) is 26.9 Å². The van der Waals surface area contributed by atoms with Crippen LogP contribution in [0.1, 0.15) is 28.5 Å². The van der Waals surface area contributed by atoms with Gasteiger partial charge in [-0.15, -0.1) is 0 Å². The normalized spacial score (nSPS) is 17.9. The summed E-state index contributed by atoms with van der Waals surface area (Å²) in [6, 6.07) is 12.7. The number of anilines is 1. The van der Waals surface area contributed by atoms with Gasteiger partial charge in [0.1, 0.15) is 11.5 Å². The zero-order chi connectivity index (χ0) is 22.3. The molecule has 1 aliphatic heterocycles. The zero-order valence-corrected chi connectivity index (χ0v) is 16.6. The number of hydrogen-bond acceptors (Lipinski definition) is 7. The maximum atomic E-state index is 13.0. The Morgan fingerprint density at radius 2 is 1.84 bits per heavy atom. The number of Topliss-reactive ketones (excluding diaryl/α,β-unsaturated/α-hetero) is 1. The molecule has 1 aliphatic rings. The first-order valence-electron chi connectivity index (χ1n) is 9.33. The second-order valence-electron chi connectivity index (χ2n) is 7.18. The van der Waals surface area contributed by atoms with E-state index < -0.39 is 22.7 Å². The molecule has 1 fully saturated rings. The molecule has 156 valence electrons. The van der Waals surface area contributed by atoms with Crippen LogP contribution in [0.5, 0.6) is 0 Å². The molecule has 2 aromatic carbocycles. The Hall–Kier alpha value is -4.27. The number of nitro benzene ring substituents is 1. The number of carbonyl (C=O) groups is 2. The number of ketones is 1. The minimum absolute atomic E-state index is 0.0686. The van der Waals surface area contributed by atoms with Crippen molar-refractivity contribution in [1.29, 1.82) is 0 Å². The molecule has 1 N–H and O–H groups in total. The number of benzene rings is 2. The molecule has 9 nitrogen and oxygen atoms in total. The van der Waals surface area contributed by atoms with Crippen LogP contribution in [-0.2, 0) is 9.59 Å². The number of aliphatic hydroxyl groups is 1. The quantitative estimate of drug-likeness (QED) is 0.224. The molecule has 0 spiro atoms. The fourth-order valence-corrected chi connectivity index (χ4v) is 3.53. The van der Waals surface area contributed by atoms with Gasteiger partial charge in [-0.2, -0.15) is 0 Å². The number of amides is 1. The van der Waals surface area contributed by atoms with Crippen molar-refractivity contribution in [3.05, 3.63) is 92.7 Å². The largest absolute Gasteiger partial charge is 0.507 e. The van der Waals surface area contributed by atoms with Gasteiger partial charge in [0.15, 0.2) is 5.82 Å². The van der Waals surface area contributed by atoms with Crippen molar-refractivity contribution >= 4 is 29.0 Å². The van der Waals surface area contributed by atoms with E-state index >= 15 is 0 Å². The molecule has 1 unspecified atom stereocenters. The minimum atomic E-state index is -1.12. The molecule has 0 bridgehead atoms. The highest BCUT2D eigenvalue weighted by molar-refractivity contribution is 6.51. The van der Waals surface area contributed by atoms with Crippen molar-refractivity contribution in [3.63, 3.8) is 0 Å². The van der Waals surface area contributed by atoms with Crippen LogP contribution in [0, 0.1) is 24.0 Å². The second-order valence-corrected chi connectivity index (χ2v) is 7.18. The average molecular weight is 419 g/mol. The van der Waals surface area contributed by atoms with E-state index in [-0.39, 0.29) is 28.4 Å². The summed E-state index contributed by atoms with van der Waals surface area (Å²) in [6.07, 6.45) is 0. The summed E-state index contributed by atoms with van der Waals surface area (Å²) in [5.41, 5.74) is 1.17. The van der Waals surface area contributed by atoms with Crippen molar-refractivity contribution in [2.45, 2.75) is 19.9 Å². The molecule has 1 amide bonds. The van der Waals surface area contributed by atoms with Gasteiger partial charge in [-0.1, -0.05) is 47.1 Å². The van der Waals surface area contributed by atoms with Crippen molar-refractivity contribution in [3.8, 4) is 0 Å². The van der Waals surface area contributed by atoms with Gasteiger partial charge >= 0.3 is 5.91 Å². The molecule has 1 aromatic heterocycles. The van der Waals surface area contributed by atoms with E-state index in [1.54, 1.807) is 37.3 Å². The number of aryl methyl sites for hydroxylation is 2. The molecular weight excluding hydrogens is 402 g/mol. The SMILES string of the molecule is Cc1ccc(/C(O)=C2/C(=O)C(=O)N(c3cc(C)on3)C2c2cccc([N+](=O)[O-])c2)cc1. The first-order chi connectivity index (χ1) is 14.8. The Morgan fingerprint density at radius 3 is 2.45 bits per heavy atom. The lowest BCUT2D eigenvalue weighted by Gasteiger charge is -2.22. The number of carbonyl (C=O) groups excluding carboxylic acids is 2. The number of hydrogen-bond donors (Lipinski definition) is 1. The lowest BCUT2D eigenvalue weighted by atomic mass is 9.94. The molecule has 4 rings (SSSR count). The molecule has 2 heterocycles. The van der Waals surface area contributed by atoms with Crippen LogP contribution < -0.4 is 4.90 Å². The van der Waals surface area contributed by atoms with Gasteiger partial charge in [-0.25, -0.2) is 0 Å². The summed E-state index contributed by atoms with van der Waals surface area (Å²) in [6.45, 7) is 3.50. The zero-order valence-electron chi connectivity index (χ0n) is 16.6. The summed E-state index contributed by atoms with van der Waals surface area (Å²) in [7, 11) is 0. The molecule has 1 saturated heterocycles. The molecule has 0 radical (unpaired) electrons. The van der Waals surface area contributed by atoms with Gasteiger partial charge in [-0.3, -0.25) is 24.6 Å². The third-order valence-electron chi connectivity index (χ3n) is 5.03. The molecule has 31 heavy (non-hydrogen) atoms. The number of rotatable bonds is 4. The highest BCUT2D eigenvalue weighted by Gasteiger charge is 2.48. The van der Waals surface area contributed by atoms with Gasteiger partial charge in [0.25, 0.3) is 11.5 Å². The fourth-order valence-electron chi connectivity index (χ4n) is 3.53. The first kappa shape index (κ1) is 20.0. The number of non-ortho nitro benzene ring substituents is 1. The van der Waals surface area contributed by atoms with Crippen LogP contribution in [0.2, 0.25) is 0 Å². The maximum Gasteiger partial charge on any atom is 0.301 e. The summed E-state index contributed by atoms with van der Waals surface area (Å²) in [4.78, 5) is 37.7. The Kier molecular flexibility index (Phi) is 4.86. The maximum absolute atomic E-state index is 13.0. The molecule has 1 atom stereocenters. The predicted octanol–water partition coefficient (Wildman–Crippen LogP) is 3.83. The van der Waals surface area contributed by atoms with Crippen molar-refractivity contribution in [1.82, 2.24) is 5.16 Å². The van der Waals surface area contributed by atoms with Crippen LogP contribution >= 0.6 is 0 Å². The van der Waals surface area contributed by atoms with E-state index in [1.165, 1.54) is 24.3 Å². The smallest absolute Gasteiger partial charge is 0.301 e. The predicted molar refractivity (Wildman–Crippen MR) is 110 cm³/mol. The number of aliphatic hydroxyl groups excluding tert-OH is 1. The Labute approximate surface area is 176 Å². The van der Waals surface area contributed by atoms with Crippen molar-refractivity contribution in [2.24, 2.45) is 0 Å². The number of nitro groups is 1. The topological polar surface area (TPSA) is 127 Å². The van der Waals surface area contributed by atoms with Gasteiger partial charge in [0.05, 0.1) is 16.5 Å². The summed E-state index contributed by atoms with van der Waals surface area (Å²) in [5.74, 6) is -1.74. The Morgan fingerprint density at radius 1 is 1.13 bits per heavy atom. The van der Waals surface area contributed by atoms with E-state index in [4.69, 9.17) is 4.52 Å². The van der Waals surface area contributed by atoms with Crippen molar-refractivity contribution < 1.29 is 24.1 Å². The average Bonchev–Trinajstić information content (AvgIpc) is 3.29. The van der Waals surface area contributed by atoms with Gasteiger partial charge in [0, 0.05) is 23.8 Å². The van der Waals surface area contributed by atoms with Crippen LogP contribution in [0.15, 0.2) is 64.7 Å². The third-order valence-corrected chi connectivity index (χ3v) is 5.03. The Balaban J connectivity index is 1.96. The van der Waals surface area contributed by atoms with Gasteiger partial charge in [-0.05, 0) is 19.4 Å². The monoisotopic (exact) mass is 419 g/mol. The summed E-state index contributed by atoms with van der Waals surface area (Å²) in [5, 5.41) is 26.1. The van der Waals surface area contributed by atoms with Crippen LogP contribution in [0.25, 0.3) is 5.76 Å². The molecule has 0 saturated carbocycles. The van der Waals surface area contributed by atoms with Crippen LogP contribution in [0.4, 0.5) is 11.5 Å². The number of aromatic nitrogens is 1. The van der Waals surface area contributed by atoms with E-state index in [9.17, 15) is 24.8 Å². The molecular formula is C22H17N3O6. The van der Waals surface area contributed by atoms with E-state index in [1.807, 2.05) is 6.92 Å². The summed E-state index contributed by atoms with van der Waals surface area (Å²) < 4.78 is 5.06. The van der Waals surface area contributed by atoms with Gasteiger partial charge < -0.3 is 9.63 Å². The van der Waals surface area contributed by atoms with Crippen molar-refractivity contribution in [2.75, 3.05) is 4.90 Å². The van der Waals surface area contributed by atoms with E-state index in [2.05, 4.69) is 5.16 Å². The third kappa shape index (κ3) is 3.46. The molecule has 0 aliphatic carbocycles. The highest BCUT2D eigenvalue weighted by atomic mass is 16.6. The van der Waals surface area contributed by atoms with E-state index in [0.29, 0.717) is 11.3 Å². The second kappa shape index (κ2) is 7.52. The van der Waals surface area contributed by atoms with Gasteiger partial charge in [0.2, 0.25) is 0 Å². The standard InChI is InChI=1S/C22H17N3O6/c1-12-6-8-14(9-7-12)20(26)18-19(15-4-3-5-16(11-15)25(29)30)24(22(28)21(18)27)17-10-13(2)31-23-17/h3-11,19,26H,1-2H3/b20-18-. The summed E-state index contributed by atoms with van der Waals surface area (Å²) >= 11 is 0. The van der Waals surface area contributed by atoms with Crippen LogP contribution in [0.3, 0.4) is 0 Å². The lowest BCUT2D eigenvalue weighted by Crippen LogP contribution is -2.29. The highest BCUT2D eigenvalue weighted by Crippen LogP contribution is 2.42. The lowest BCUT2D eigenvalue weighted by molar-refractivity contribution is -0.384. The molecule has 3 aromatic rings. The number of nitrogens with zero attached hydrogens (tertiary/aromatic N) is 3.